The lowest BCUT2D eigenvalue weighted by atomic mass is 9.97. The number of methoxy groups -OCH3 is 2. The Morgan fingerprint density at radius 2 is 0.807 bits per heavy atom. The van der Waals surface area contributed by atoms with Crippen molar-refractivity contribution in [1.82, 2.24) is 0 Å². The van der Waals surface area contributed by atoms with E-state index < -0.39 is 0 Å². The van der Waals surface area contributed by atoms with Crippen LogP contribution in [0.15, 0.2) is 218 Å². The van der Waals surface area contributed by atoms with Crippen LogP contribution in [0, 0.1) is 17.8 Å². The van der Waals surface area contributed by atoms with Crippen LogP contribution in [0.1, 0.15) is 113 Å². The summed E-state index contributed by atoms with van der Waals surface area (Å²) in [6, 6.07) is 72.1. The Morgan fingerprint density at radius 1 is 0.422 bits per heavy atom. The van der Waals surface area contributed by atoms with Gasteiger partial charge in [0.05, 0.1) is 63.5 Å². The molecule has 0 aromatic heterocycles. The second-order valence-electron chi connectivity index (χ2n) is 22.0. The summed E-state index contributed by atoms with van der Waals surface area (Å²) in [4.78, 5) is 33.9. The summed E-state index contributed by atoms with van der Waals surface area (Å²) in [5, 5.41) is 0. The zero-order valence-corrected chi connectivity index (χ0v) is 48.1. The second-order valence-corrected chi connectivity index (χ2v) is 22.0. The smallest absolute Gasteiger partial charge is 0.337 e. The number of carbonyl (C=O) groups excluding carboxylic acids is 3. The molecule has 0 N–H and O–H groups in total. The maximum atomic E-state index is 11.6. The molecule has 11 rings (SSSR count). The molecule has 4 unspecified atom stereocenters. The molecule has 83 heavy (non-hydrogen) atoms. The summed E-state index contributed by atoms with van der Waals surface area (Å²) in [6.07, 6.45) is 18.2. The van der Waals surface area contributed by atoms with Gasteiger partial charge in [-0.25, -0.2) is 9.59 Å². The molecule has 0 radical (unpaired) electrons. The van der Waals surface area contributed by atoms with Crippen LogP contribution < -0.4 is 0 Å². The van der Waals surface area contributed by atoms with E-state index in [1.807, 2.05) is 54.6 Å². The molecule has 8 heteroatoms. The third kappa shape index (κ3) is 17.7. The molecule has 8 aromatic carbocycles. The fourth-order valence-electron chi connectivity index (χ4n) is 11.6. The lowest BCUT2D eigenvalue weighted by molar-refractivity contribution is -0.111. The average Bonchev–Trinajstić information content (AvgIpc) is 4.39. The van der Waals surface area contributed by atoms with E-state index in [4.69, 9.17) is 23.7 Å². The Balaban J connectivity index is 0.000000153. The Kier molecular flexibility index (Phi) is 22.6. The van der Waals surface area contributed by atoms with Crippen LogP contribution in [0.4, 0.5) is 0 Å². The van der Waals surface area contributed by atoms with E-state index in [-0.39, 0.29) is 24.0 Å². The van der Waals surface area contributed by atoms with E-state index in [0.29, 0.717) is 55.0 Å². The Bertz CT molecular complexity index is 3280. The first kappa shape index (κ1) is 59.6. The van der Waals surface area contributed by atoms with Gasteiger partial charge in [0.1, 0.15) is 6.29 Å². The maximum absolute atomic E-state index is 11.6. The van der Waals surface area contributed by atoms with E-state index in [0.717, 1.165) is 76.1 Å². The Labute approximate surface area is 491 Å². The molecule has 8 aromatic rings. The van der Waals surface area contributed by atoms with Gasteiger partial charge < -0.3 is 28.5 Å². The molecule has 3 fully saturated rings. The summed E-state index contributed by atoms with van der Waals surface area (Å²) in [6.45, 7) is 1.92. The number of carbonyl (C=O) groups is 3. The number of rotatable bonds is 20. The van der Waals surface area contributed by atoms with Gasteiger partial charge in [-0.15, -0.1) is 0 Å². The molecule has 0 spiro atoms. The van der Waals surface area contributed by atoms with Gasteiger partial charge in [0.15, 0.2) is 0 Å². The number of esters is 2. The lowest BCUT2D eigenvalue weighted by Crippen LogP contribution is -2.09. The average molecular weight is 1110 g/mol. The number of aldehydes is 1. The largest absolute Gasteiger partial charge is 0.465 e. The highest BCUT2D eigenvalue weighted by molar-refractivity contribution is 5.90. The zero-order valence-electron chi connectivity index (χ0n) is 48.1. The van der Waals surface area contributed by atoms with Gasteiger partial charge in [-0.05, 0) is 168 Å². The van der Waals surface area contributed by atoms with Crippen molar-refractivity contribution in [2.24, 2.45) is 17.8 Å². The van der Waals surface area contributed by atoms with Crippen LogP contribution in [-0.4, -0.2) is 50.8 Å². The quantitative estimate of drug-likeness (QED) is 0.0550. The molecule has 3 saturated carbocycles. The topological polar surface area (TPSA) is 97.4 Å². The fraction of sp³-hybridized carbons (Fsp3) is 0.293. The Hall–Kier alpha value is -8.01. The van der Waals surface area contributed by atoms with Gasteiger partial charge in [0, 0.05) is 5.92 Å². The molecule has 0 saturated heterocycles. The minimum atomic E-state index is -0.305. The highest BCUT2D eigenvalue weighted by atomic mass is 16.5. The summed E-state index contributed by atoms with van der Waals surface area (Å²) in [5.74, 6) is 0.833. The first-order chi connectivity index (χ1) is 40.8. The van der Waals surface area contributed by atoms with Crippen molar-refractivity contribution in [2.45, 2.75) is 109 Å². The van der Waals surface area contributed by atoms with E-state index in [2.05, 4.69) is 158 Å². The maximum Gasteiger partial charge on any atom is 0.337 e. The normalized spacial score (nSPS) is 19.0. The number of ether oxygens (including phenoxy) is 5. The SMILES string of the molecule is COC(=O)c1ccc(C=C[C@H]2CCC(OCc3ccccc3-c3ccccc3)C2)cc1.COC(=O)c1ccc(CC[C@H]2CCC(OCc3ccccc3-c3ccccc3)C2)cc1.O=CC1CCC(OCc2ccccc2-c2ccccc2)C1. The van der Waals surface area contributed by atoms with Gasteiger partial charge in [-0.3, -0.25) is 0 Å². The summed E-state index contributed by atoms with van der Waals surface area (Å²) >= 11 is 0. The number of allylic oxidation sites excluding steroid dienone is 1. The van der Waals surface area contributed by atoms with Gasteiger partial charge in [0.2, 0.25) is 0 Å². The van der Waals surface area contributed by atoms with Crippen molar-refractivity contribution in [3.63, 3.8) is 0 Å². The van der Waals surface area contributed by atoms with Gasteiger partial charge in [-0.2, -0.15) is 0 Å². The van der Waals surface area contributed by atoms with Crippen molar-refractivity contribution in [1.29, 1.82) is 0 Å². The molecule has 3 aliphatic carbocycles. The van der Waals surface area contributed by atoms with Crippen molar-refractivity contribution in [3.05, 3.63) is 257 Å². The van der Waals surface area contributed by atoms with E-state index in [9.17, 15) is 14.4 Å². The van der Waals surface area contributed by atoms with Gasteiger partial charge in [0.25, 0.3) is 0 Å². The predicted molar refractivity (Wildman–Crippen MR) is 332 cm³/mol. The van der Waals surface area contributed by atoms with Crippen molar-refractivity contribution in [3.8, 4) is 33.4 Å². The van der Waals surface area contributed by atoms with Gasteiger partial charge in [-0.1, -0.05) is 200 Å². The molecule has 0 aliphatic heterocycles. The van der Waals surface area contributed by atoms with Crippen LogP contribution in [0.25, 0.3) is 39.5 Å². The first-order valence-electron chi connectivity index (χ1n) is 29.6. The fourth-order valence-corrected chi connectivity index (χ4v) is 11.6. The van der Waals surface area contributed by atoms with Gasteiger partial charge >= 0.3 is 11.9 Å². The van der Waals surface area contributed by atoms with Crippen molar-refractivity contribution >= 4 is 24.3 Å². The first-order valence-corrected chi connectivity index (χ1v) is 29.6. The van der Waals surface area contributed by atoms with Crippen LogP contribution >= 0.6 is 0 Å². The second kappa shape index (κ2) is 31.4. The van der Waals surface area contributed by atoms with E-state index in [1.165, 1.54) is 76.3 Å². The van der Waals surface area contributed by atoms with Crippen molar-refractivity contribution < 1.29 is 38.1 Å². The standard InChI is InChI=1S/C28H30O3.C28H28O3.C19H20O2/c2*1-30-28(29)24-16-13-21(14-17-24)11-12-22-15-18-26(19-22)31-20-25-9-5-6-10-27(25)23-7-3-2-4-8-23;20-13-15-10-11-18(12-15)21-14-17-8-4-5-9-19(17)16-6-2-1-3-7-16/h2-10,13-14,16-17,22,26H,11-12,15,18-20H2,1H3;2-14,16-17,22,26H,15,18-20H2,1H3;1-9,13,15,18H,10-12,14H2/t2*22-,26?;/m00./s1. The molecule has 6 atom stereocenters. The van der Waals surface area contributed by atoms with Crippen LogP contribution in [0.5, 0.6) is 0 Å². The summed E-state index contributed by atoms with van der Waals surface area (Å²) in [7, 11) is 2.81. The van der Waals surface area contributed by atoms with Crippen LogP contribution in [0.3, 0.4) is 0 Å². The van der Waals surface area contributed by atoms with Crippen molar-refractivity contribution in [2.75, 3.05) is 14.2 Å². The molecular weight excluding hydrogens is 1030 g/mol. The minimum Gasteiger partial charge on any atom is -0.465 e. The molecule has 0 bridgehead atoms. The highest BCUT2D eigenvalue weighted by Gasteiger charge is 2.27. The monoisotopic (exact) mass is 1110 g/mol. The minimum absolute atomic E-state index is 0.194. The number of aryl methyl sites for hydroxylation is 1. The summed E-state index contributed by atoms with van der Waals surface area (Å²) < 4.78 is 28.2. The number of hydrogen-bond acceptors (Lipinski definition) is 8. The van der Waals surface area contributed by atoms with Crippen LogP contribution in [-0.2, 0) is 54.7 Å². The van der Waals surface area contributed by atoms with Crippen LogP contribution in [0.2, 0.25) is 0 Å². The molecular formula is C75H78O8. The molecule has 0 heterocycles. The molecule has 3 aliphatic rings. The number of benzene rings is 8. The third-order valence-electron chi connectivity index (χ3n) is 16.4. The molecule has 426 valence electrons. The third-order valence-corrected chi connectivity index (χ3v) is 16.4. The number of hydrogen-bond donors (Lipinski definition) is 0. The zero-order chi connectivity index (χ0) is 57.4. The highest BCUT2D eigenvalue weighted by Crippen LogP contribution is 2.35. The molecule has 8 nitrogen and oxygen atoms in total. The van der Waals surface area contributed by atoms with E-state index in [1.54, 1.807) is 12.1 Å². The summed E-state index contributed by atoms with van der Waals surface area (Å²) in [5.41, 5.74) is 14.7. The molecule has 0 amide bonds. The predicted octanol–water partition coefficient (Wildman–Crippen LogP) is 17.2. The Morgan fingerprint density at radius 3 is 1.24 bits per heavy atom. The van der Waals surface area contributed by atoms with E-state index >= 15 is 0 Å². The lowest BCUT2D eigenvalue weighted by Gasteiger charge is -2.15.